The fourth-order valence-electron chi connectivity index (χ4n) is 9.96. The van der Waals surface area contributed by atoms with E-state index in [2.05, 4.69) is 157 Å². The molecule has 12 rings (SSSR count). The third-order valence-corrected chi connectivity index (χ3v) is 11.6. The second-order valence-corrected chi connectivity index (χ2v) is 16.2. The molecule has 48 heavy (non-hydrogen) atoms. The minimum Gasteiger partial charge on any atom is -0.456 e. The molecule has 0 bridgehead atoms. The summed E-state index contributed by atoms with van der Waals surface area (Å²) in [6.07, 6.45) is 0. The van der Waals surface area contributed by atoms with Gasteiger partial charge in [-0.15, -0.1) is 0 Å². The molecule has 5 heteroatoms. The molecule has 4 aliphatic heterocycles. The normalized spacial score (nSPS) is 15.6. The van der Waals surface area contributed by atoms with Gasteiger partial charge < -0.3 is 4.74 Å². The molecular formula is C43H34N4O+2. The van der Waals surface area contributed by atoms with Crippen LogP contribution in [0.15, 0.2) is 97.1 Å². The molecule has 4 aromatic heterocycles. The van der Waals surface area contributed by atoms with Crippen molar-refractivity contribution >= 4 is 43.9 Å². The van der Waals surface area contributed by atoms with Crippen LogP contribution in [0.25, 0.3) is 66.6 Å². The molecule has 0 fully saturated rings. The Kier molecular flexibility index (Phi) is 4.00. The quantitative estimate of drug-likeness (QED) is 0.155. The average molecular weight is 623 g/mol. The van der Waals surface area contributed by atoms with Crippen LogP contribution in [0.4, 0.5) is 0 Å². The van der Waals surface area contributed by atoms with E-state index >= 15 is 0 Å². The lowest BCUT2D eigenvalue weighted by molar-refractivity contribution is -0.920. The molecule has 0 amide bonds. The van der Waals surface area contributed by atoms with Gasteiger partial charge in [0.25, 0.3) is 11.3 Å². The third-order valence-electron chi connectivity index (χ3n) is 11.6. The Hall–Kier alpha value is -5.42. The highest BCUT2D eigenvalue weighted by atomic mass is 16.5. The summed E-state index contributed by atoms with van der Waals surface area (Å²) >= 11 is 0. The molecule has 0 radical (unpaired) electrons. The Labute approximate surface area is 277 Å². The van der Waals surface area contributed by atoms with Gasteiger partial charge in [0.2, 0.25) is 0 Å². The molecule has 4 aromatic carbocycles. The Morgan fingerprint density at radius 1 is 0.542 bits per heavy atom. The smallest absolute Gasteiger partial charge is 0.323 e. The van der Waals surface area contributed by atoms with E-state index in [4.69, 9.17) is 4.74 Å². The number of para-hydroxylation sites is 2. The van der Waals surface area contributed by atoms with Gasteiger partial charge >= 0.3 is 5.66 Å². The van der Waals surface area contributed by atoms with Crippen LogP contribution in [-0.2, 0) is 16.5 Å². The van der Waals surface area contributed by atoms with Gasteiger partial charge in [-0.25, -0.2) is 0 Å². The molecule has 0 saturated carbocycles. The second-order valence-electron chi connectivity index (χ2n) is 16.2. The van der Waals surface area contributed by atoms with Crippen LogP contribution in [-0.4, -0.2) is 9.13 Å². The van der Waals surface area contributed by atoms with Gasteiger partial charge in [0.05, 0.1) is 10.8 Å². The summed E-state index contributed by atoms with van der Waals surface area (Å²) < 4.78 is 17.5. The highest BCUT2D eigenvalue weighted by Crippen LogP contribution is 2.59. The lowest BCUT2D eigenvalue weighted by Crippen LogP contribution is -2.75. The maximum atomic E-state index is 6.99. The molecule has 0 unspecified atom stereocenters. The van der Waals surface area contributed by atoms with Crippen LogP contribution in [0.1, 0.15) is 63.8 Å². The highest BCUT2D eigenvalue weighted by molar-refractivity contribution is 6.12. The summed E-state index contributed by atoms with van der Waals surface area (Å²) in [6.45, 7) is 14.2. The Bertz CT molecular complexity index is 2690. The second kappa shape index (κ2) is 7.50. The van der Waals surface area contributed by atoms with Gasteiger partial charge in [0.1, 0.15) is 45.0 Å². The van der Waals surface area contributed by atoms with Crippen molar-refractivity contribution < 1.29 is 13.9 Å². The van der Waals surface area contributed by atoms with Crippen LogP contribution in [0.3, 0.4) is 0 Å². The molecule has 8 aromatic rings. The minimum absolute atomic E-state index is 0.0853. The summed E-state index contributed by atoms with van der Waals surface area (Å²) in [6, 6.07) is 36.3. The van der Waals surface area contributed by atoms with E-state index < -0.39 is 5.66 Å². The van der Waals surface area contributed by atoms with E-state index in [0.29, 0.717) is 0 Å². The van der Waals surface area contributed by atoms with Crippen LogP contribution in [0, 0.1) is 0 Å². The summed E-state index contributed by atoms with van der Waals surface area (Å²) in [5.41, 5.74) is 14.2. The largest absolute Gasteiger partial charge is 0.456 e. The maximum Gasteiger partial charge on any atom is 0.323 e. The summed E-state index contributed by atoms with van der Waals surface area (Å²) in [7, 11) is 0. The molecule has 5 nitrogen and oxygen atoms in total. The van der Waals surface area contributed by atoms with Gasteiger partial charge in [-0.3, -0.25) is 0 Å². The van der Waals surface area contributed by atoms with Crippen LogP contribution < -0.4 is 13.9 Å². The first kappa shape index (κ1) is 25.6. The molecule has 230 valence electrons. The predicted octanol–water partition coefficient (Wildman–Crippen LogP) is 9.06. The zero-order valence-corrected chi connectivity index (χ0v) is 27.9. The number of ether oxygens (including phenoxy) is 1. The molecule has 4 aliphatic rings. The molecule has 8 heterocycles. The lowest BCUT2D eigenvalue weighted by atomic mass is 9.81. The maximum absolute atomic E-state index is 6.99. The number of benzene rings is 4. The first-order valence-corrected chi connectivity index (χ1v) is 17.1. The number of fused-ring (bicyclic) bond motifs is 9. The summed E-state index contributed by atoms with van der Waals surface area (Å²) in [4.78, 5) is 0. The summed E-state index contributed by atoms with van der Waals surface area (Å²) in [5.74, 6) is 1.84. The van der Waals surface area contributed by atoms with Crippen LogP contribution in [0.2, 0.25) is 0 Å². The van der Waals surface area contributed by atoms with E-state index in [9.17, 15) is 0 Å². The Morgan fingerprint density at radius 3 is 1.42 bits per heavy atom. The topological polar surface area (TPSA) is 26.8 Å². The lowest BCUT2D eigenvalue weighted by Gasteiger charge is -2.39. The van der Waals surface area contributed by atoms with E-state index in [1.807, 2.05) is 0 Å². The van der Waals surface area contributed by atoms with E-state index in [1.165, 1.54) is 88.9 Å². The van der Waals surface area contributed by atoms with Gasteiger partial charge in [0, 0.05) is 10.8 Å². The van der Waals surface area contributed by atoms with Crippen molar-refractivity contribution in [3.05, 3.63) is 119 Å². The van der Waals surface area contributed by atoms with Gasteiger partial charge in [-0.05, 0) is 82.6 Å². The number of nitrogens with zero attached hydrogens (tertiary/aromatic N) is 4. The van der Waals surface area contributed by atoms with Gasteiger partial charge in [-0.2, -0.15) is 18.3 Å². The molecule has 1 spiro atoms. The first-order valence-electron chi connectivity index (χ1n) is 17.1. The van der Waals surface area contributed by atoms with Crippen molar-refractivity contribution in [2.24, 2.45) is 0 Å². The Balaban J connectivity index is 1.48. The fraction of sp³-hybridized carbons (Fsp3) is 0.209. The Morgan fingerprint density at radius 2 is 0.979 bits per heavy atom. The SMILES string of the molecule is CC(C)(C)c1cc2[n+]3c4c1c1ccccc1n4-c1cccc4c1C31c3c(cccc3-n3c5ccccc5c5c(C(C)(C)C)cc-2[n+]1c53)O4. The average Bonchev–Trinajstić information content (AvgIpc) is 3.68. The van der Waals surface area contributed by atoms with Crippen molar-refractivity contribution in [3.63, 3.8) is 0 Å². The standard InChI is InChI=1S/C43H34N4O/c1-41(2,3)25-21-31-32-22-26(42(4,5)6)36-24-14-8-10-16-28(24)45-30-18-12-20-34-38(30)43(47(32)40(36)45)37-29(17-11-19-33(37)48-34)44-27-15-9-7-13-23(27)35(25)39(44)46(31)43/h7-22H,1-6H3/q+2. The fourth-order valence-corrected chi connectivity index (χ4v) is 9.96. The van der Waals surface area contributed by atoms with Crippen molar-refractivity contribution in [2.45, 2.75) is 58.0 Å². The molecule has 0 saturated heterocycles. The number of rotatable bonds is 0. The number of hydrogen-bond acceptors (Lipinski definition) is 1. The number of hydrogen-bond donors (Lipinski definition) is 0. The monoisotopic (exact) mass is 622 g/mol. The molecule has 0 aliphatic carbocycles. The van der Waals surface area contributed by atoms with Gasteiger partial charge in [0.15, 0.2) is 11.4 Å². The van der Waals surface area contributed by atoms with Crippen molar-refractivity contribution in [2.75, 3.05) is 0 Å². The predicted molar refractivity (Wildman–Crippen MR) is 190 cm³/mol. The van der Waals surface area contributed by atoms with E-state index in [1.54, 1.807) is 0 Å². The van der Waals surface area contributed by atoms with E-state index in [0.717, 1.165) is 11.5 Å². The zero-order valence-electron chi connectivity index (χ0n) is 27.9. The summed E-state index contributed by atoms with van der Waals surface area (Å²) in [5, 5.41) is 5.26. The van der Waals surface area contributed by atoms with E-state index in [-0.39, 0.29) is 10.8 Å². The highest BCUT2D eigenvalue weighted by Gasteiger charge is 2.69. The molecular weight excluding hydrogens is 589 g/mol. The zero-order chi connectivity index (χ0) is 32.2. The minimum atomic E-state index is -0.668. The molecule has 0 atom stereocenters. The number of pyridine rings is 2. The van der Waals surface area contributed by atoms with Crippen LogP contribution >= 0.6 is 0 Å². The first-order chi connectivity index (χ1) is 23.1. The number of aromatic nitrogens is 4. The molecule has 0 N–H and O–H groups in total. The van der Waals surface area contributed by atoms with Crippen LogP contribution in [0.5, 0.6) is 11.5 Å². The van der Waals surface area contributed by atoms with Crippen molar-refractivity contribution in [3.8, 4) is 34.3 Å². The van der Waals surface area contributed by atoms with Crippen molar-refractivity contribution in [1.82, 2.24) is 9.13 Å². The third kappa shape index (κ3) is 2.47. The van der Waals surface area contributed by atoms with Crippen molar-refractivity contribution in [1.29, 1.82) is 0 Å². The van der Waals surface area contributed by atoms with Gasteiger partial charge in [-0.1, -0.05) is 77.9 Å².